The molecule has 28 heavy (non-hydrogen) atoms. The number of benzene rings is 2. The second-order valence-electron chi connectivity index (χ2n) is 7.13. The van der Waals surface area contributed by atoms with E-state index in [-0.39, 0.29) is 5.91 Å². The number of para-hydroxylation sites is 1. The molecule has 0 aliphatic carbocycles. The number of carbonyl (C=O) groups is 2. The Morgan fingerprint density at radius 2 is 1.46 bits per heavy atom. The van der Waals surface area contributed by atoms with Gasteiger partial charge in [-0.05, 0) is 24.1 Å². The molecule has 0 atom stereocenters. The van der Waals surface area contributed by atoms with E-state index in [1.165, 1.54) is 5.56 Å². The van der Waals surface area contributed by atoms with E-state index in [9.17, 15) is 9.59 Å². The summed E-state index contributed by atoms with van der Waals surface area (Å²) in [6.07, 6.45) is 1.47. The fourth-order valence-electron chi connectivity index (χ4n) is 3.45. The molecule has 1 aliphatic rings. The number of carbonyl (C=O) groups excluding carboxylic acids is 2. The number of anilines is 1. The van der Waals surface area contributed by atoms with Crippen LogP contribution in [0, 0.1) is 0 Å². The van der Waals surface area contributed by atoms with Crippen LogP contribution >= 0.6 is 0 Å². The number of nitrogens with two attached hydrogens (primary N) is 1. The van der Waals surface area contributed by atoms with Crippen LogP contribution in [0.2, 0.25) is 0 Å². The van der Waals surface area contributed by atoms with Crippen LogP contribution in [0.25, 0.3) is 0 Å². The Hall–Kier alpha value is -2.70. The summed E-state index contributed by atoms with van der Waals surface area (Å²) in [5.41, 5.74) is 7.54. The van der Waals surface area contributed by atoms with Gasteiger partial charge in [0.15, 0.2) is 0 Å². The highest BCUT2D eigenvalue weighted by Gasteiger charge is 2.18. The second-order valence-corrected chi connectivity index (χ2v) is 7.13. The van der Waals surface area contributed by atoms with E-state index in [2.05, 4.69) is 39.4 Å². The summed E-state index contributed by atoms with van der Waals surface area (Å²) in [6.45, 7) is 5.79. The van der Waals surface area contributed by atoms with Crippen LogP contribution < -0.4 is 11.1 Å². The van der Waals surface area contributed by atoms with Crippen molar-refractivity contribution in [1.29, 1.82) is 0 Å². The minimum Gasteiger partial charge on any atom is -0.366 e. The fraction of sp³-hybridized carbons (Fsp3) is 0.364. The summed E-state index contributed by atoms with van der Waals surface area (Å²) >= 11 is 0. The molecule has 6 heteroatoms. The molecule has 2 aromatic carbocycles. The standard InChI is InChI=1S/C22H28N4O2/c23-22(28)19-8-4-5-9-20(19)24-21(27)11-13-26-16-14-25(15-17-26)12-10-18-6-2-1-3-7-18/h1-9H,10-17H2,(H2,23,28)(H,24,27). The Bertz CT molecular complexity index is 786. The van der Waals surface area contributed by atoms with Gasteiger partial charge in [0, 0.05) is 45.7 Å². The van der Waals surface area contributed by atoms with Gasteiger partial charge in [-0.15, -0.1) is 0 Å². The van der Waals surface area contributed by atoms with Crippen LogP contribution in [0.1, 0.15) is 22.3 Å². The number of nitrogens with one attached hydrogen (secondary N) is 1. The molecular formula is C22H28N4O2. The molecule has 148 valence electrons. The first kappa shape index (κ1) is 20.0. The highest BCUT2D eigenvalue weighted by molar-refractivity contribution is 6.02. The summed E-state index contributed by atoms with van der Waals surface area (Å²) in [5, 5.41) is 2.80. The zero-order valence-corrected chi connectivity index (χ0v) is 16.1. The first-order valence-corrected chi connectivity index (χ1v) is 9.79. The molecule has 0 unspecified atom stereocenters. The average molecular weight is 380 g/mol. The number of rotatable bonds is 8. The van der Waals surface area contributed by atoms with Crippen molar-refractivity contribution in [3.63, 3.8) is 0 Å². The molecule has 1 fully saturated rings. The Morgan fingerprint density at radius 3 is 2.14 bits per heavy atom. The molecule has 3 rings (SSSR count). The van der Waals surface area contributed by atoms with E-state index in [0.717, 1.165) is 45.7 Å². The minimum absolute atomic E-state index is 0.0970. The van der Waals surface area contributed by atoms with E-state index < -0.39 is 5.91 Å². The summed E-state index contributed by atoms with van der Waals surface area (Å²) < 4.78 is 0. The van der Waals surface area contributed by atoms with Crippen LogP contribution in [0.4, 0.5) is 5.69 Å². The maximum absolute atomic E-state index is 12.3. The normalized spacial score (nSPS) is 15.3. The number of primary amides is 1. The number of amides is 2. The Kier molecular flexibility index (Phi) is 7.17. The van der Waals surface area contributed by atoms with Crippen LogP contribution in [0.3, 0.4) is 0 Å². The molecule has 0 spiro atoms. The zero-order chi connectivity index (χ0) is 19.8. The second kappa shape index (κ2) is 10.0. The van der Waals surface area contributed by atoms with E-state index in [1.54, 1.807) is 24.3 Å². The summed E-state index contributed by atoms with van der Waals surface area (Å²) in [4.78, 5) is 28.5. The van der Waals surface area contributed by atoms with Crippen LogP contribution in [-0.4, -0.2) is 60.9 Å². The monoisotopic (exact) mass is 380 g/mol. The van der Waals surface area contributed by atoms with E-state index in [0.29, 0.717) is 17.7 Å². The molecule has 3 N–H and O–H groups in total. The number of nitrogens with zero attached hydrogens (tertiary/aromatic N) is 2. The third-order valence-electron chi connectivity index (χ3n) is 5.15. The molecule has 0 aromatic heterocycles. The predicted octanol–water partition coefficient (Wildman–Crippen LogP) is 1.97. The van der Waals surface area contributed by atoms with Crippen molar-refractivity contribution in [3.05, 3.63) is 65.7 Å². The SMILES string of the molecule is NC(=O)c1ccccc1NC(=O)CCN1CCN(CCc2ccccc2)CC1. The van der Waals surface area contributed by atoms with E-state index >= 15 is 0 Å². The first-order chi connectivity index (χ1) is 13.6. The highest BCUT2D eigenvalue weighted by Crippen LogP contribution is 2.14. The van der Waals surface area contributed by atoms with Gasteiger partial charge >= 0.3 is 0 Å². The average Bonchev–Trinajstić information content (AvgIpc) is 2.72. The third kappa shape index (κ3) is 5.90. The molecule has 1 heterocycles. The zero-order valence-electron chi connectivity index (χ0n) is 16.1. The summed E-state index contributed by atoms with van der Waals surface area (Å²) in [7, 11) is 0. The van der Waals surface area contributed by atoms with Gasteiger partial charge in [-0.1, -0.05) is 42.5 Å². The van der Waals surface area contributed by atoms with Gasteiger partial charge in [0.2, 0.25) is 5.91 Å². The Labute approximate surface area is 166 Å². The number of hydrogen-bond acceptors (Lipinski definition) is 4. The summed E-state index contributed by atoms with van der Waals surface area (Å²) in [5.74, 6) is -0.636. The van der Waals surface area contributed by atoms with Crippen molar-refractivity contribution in [2.24, 2.45) is 5.73 Å². The lowest BCUT2D eigenvalue weighted by molar-refractivity contribution is -0.116. The van der Waals surface area contributed by atoms with Gasteiger partial charge in [0.25, 0.3) is 5.91 Å². The third-order valence-corrected chi connectivity index (χ3v) is 5.15. The molecule has 1 saturated heterocycles. The van der Waals surface area contributed by atoms with Crippen LogP contribution in [-0.2, 0) is 11.2 Å². The molecule has 2 amide bonds. The quantitative estimate of drug-likeness (QED) is 0.734. The fourth-order valence-corrected chi connectivity index (χ4v) is 3.45. The van der Waals surface area contributed by atoms with Gasteiger partial charge in [0.1, 0.15) is 0 Å². The van der Waals surface area contributed by atoms with Crippen molar-refractivity contribution in [2.75, 3.05) is 44.6 Å². The number of piperazine rings is 1. The van der Waals surface area contributed by atoms with Crippen molar-refractivity contribution in [3.8, 4) is 0 Å². The molecular weight excluding hydrogens is 352 g/mol. The van der Waals surface area contributed by atoms with Crippen LogP contribution in [0.15, 0.2) is 54.6 Å². The lowest BCUT2D eigenvalue weighted by Gasteiger charge is -2.34. The van der Waals surface area contributed by atoms with Gasteiger partial charge < -0.3 is 20.9 Å². The van der Waals surface area contributed by atoms with Gasteiger partial charge in [0.05, 0.1) is 11.3 Å². The molecule has 1 aliphatic heterocycles. The molecule has 0 bridgehead atoms. The molecule has 0 radical (unpaired) electrons. The summed E-state index contributed by atoms with van der Waals surface area (Å²) in [6, 6.07) is 17.4. The Balaban J connectivity index is 1.37. The maximum atomic E-state index is 12.3. The Morgan fingerprint density at radius 1 is 0.857 bits per heavy atom. The predicted molar refractivity (Wildman–Crippen MR) is 111 cm³/mol. The topological polar surface area (TPSA) is 78.7 Å². The highest BCUT2D eigenvalue weighted by atomic mass is 16.2. The van der Waals surface area contributed by atoms with Crippen LogP contribution in [0.5, 0.6) is 0 Å². The van der Waals surface area contributed by atoms with Crippen molar-refractivity contribution in [1.82, 2.24) is 9.80 Å². The lowest BCUT2D eigenvalue weighted by atomic mass is 10.1. The molecule has 0 saturated carbocycles. The van der Waals surface area contributed by atoms with Crippen molar-refractivity contribution < 1.29 is 9.59 Å². The van der Waals surface area contributed by atoms with Gasteiger partial charge in [-0.2, -0.15) is 0 Å². The van der Waals surface area contributed by atoms with E-state index in [4.69, 9.17) is 5.73 Å². The first-order valence-electron chi connectivity index (χ1n) is 9.79. The number of hydrogen-bond donors (Lipinski definition) is 2. The van der Waals surface area contributed by atoms with Crippen molar-refractivity contribution in [2.45, 2.75) is 12.8 Å². The van der Waals surface area contributed by atoms with Crippen molar-refractivity contribution >= 4 is 17.5 Å². The minimum atomic E-state index is -0.539. The van der Waals surface area contributed by atoms with E-state index in [1.807, 2.05) is 6.07 Å². The maximum Gasteiger partial charge on any atom is 0.250 e. The van der Waals surface area contributed by atoms with Gasteiger partial charge in [-0.3, -0.25) is 9.59 Å². The lowest BCUT2D eigenvalue weighted by Crippen LogP contribution is -2.47. The van der Waals surface area contributed by atoms with Gasteiger partial charge in [-0.25, -0.2) is 0 Å². The molecule has 2 aromatic rings. The largest absolute Gasteiger partial charge is 0.366 e. The smallest absolute Gasteiger partial charge is 0.250 e. The molecule has 6 nitrogen and oxygen atoms in total.